The highest BCUT2D eigenvalue weighted by Gasteiger charge is 2.66. The van der Waals surface area contributed by atoms with E-state index in [1.165, 1.54) is 0 Å². The Labute approximate surface area is 268 Å². The molecule has 0 spiro atoms. The molecule has 0 aliphatic heterocycles. The van der Waals surface area contributed by atoms with Crippen LogP contribution in [0.4, 0.5) is 10.5 Å². The summed E-state index contributed by atoms with van der Waals surface area (Å²) in [5.74, 6) is 0.0363. The second-order valence-electron chi connectivity index (χ2n) is 16.2. The number of amides is 2. The van der Waals surface area contributed by atoms with Crippen molar-refractivity contribution in [2.75, 3.05) is 5.32 Å². The minimum atomic E-state index is -0.705. The molecule has 4 aliphatic carbocycles. The van der Waals surface area contributed by atoms with E-state index >= 15 is 0 Å². The van der Waals surface area contributed by atoms with Crippen LogP contribution in [-0.2, 0) is 9.59 Å². The fourth-order valence-electron chi connectivity index (χ4n) is 9.64. The highest BCUT2D eigenvalue weighted by Crippen LogP contribution is 2.69. The van der Waals surface area contributed by atoms with Crippen LogP contribution in [-0.4, -0.2) is 28.2 Å². The molecule has 242 valence electrons. The Bertz CT molecular complexity index is 1480. The van der Waals surface area contributed by atoms with Crippen molar-refractivity contribution < 1.29 is 19.5 Å². The number of Topliss-reactive ketones (excluding diaryl/α,β-unsaturated/α-hetero) is 1. The minimum absolute atomic E-state index is 0.000743. The van der Waals surface area contributed by atoms with E-state index in [1.807, 2.05) is 26.8 Å². The monoisotopic (exact) mass is 613 g/mol. The number of phenolic OH excluding ortho intramolecular Hbond substituents is 1. The topological polar surface area (TPSA) is 119 Å². The van der Waals surface area contributed by atoms with Crippen LogP contribution in [0.5, 0.6) is 5.75 Å². The number of nitriles is 1. The lowest BCUT2D eigenvalue weighted by atomic mass is 9.38. The van der Waals surface area contributed by atoms with E-state index in [0.29, 0.717) is 18.5 Å². The molecule has 2 amide bonds. The molecule has 3 N–H and O–H groups in total. The second kappa shape index (κ2) is 11.4. The molecule has 0 saturated heterocycles. The first-order valence-electron chi connectivity index (χ1n) is 16.8. The Hall–Kier alpha value is -3.40. The number of rotatable bonds is 6. The Morgan fingerprint density at radius 3 is 2.38 bits per heavy atom. The molecule has 0 radical (unpaired) electrons. The van der Waals surface area contributed by atoms with Gasteiger partial charge in [0.05, 0.1) is 5.57 Å². The molecular formula is C38H51N3O4. The van der Waals surface area contributed by atoms with Crippen LogP contribution in [0.3, 0.4) is 0 Å². The summed E-state index contributed by atoms with van der Waals surface area (Å²) in [6, 6.07) is 8.30. The van der Waals surface area contributed by atoms with Gasteiger partial charge in [0.2, 0.25) is 0 Å². The highest BCUT2D eigenvalue weighted by atomic mass is 16.3. The van der Waals surface area contributed by atoms with Gasteiger partial charge in [0.25, 0.3) is 0 Å². The normalized spacial score (nSPS) is 34.3. The van der Waals surface area contributed by atoms with Crippen LogP contribution in [0.15, 0.2) is 47.6 Å². The summed E-state index contributed by atoms with van der Waals surface area (Å²) in [6.45, 7) is 15.1. The van der Waals surface area contributed by atoms with Crippen molar-refractivity contribution in [1.82, 2.24) is 5.32 Å². The maximum atomic E-state index is 14.4. The Kier molecular flexibility index (Phi) is 8.38. The quantitative estimate of drug-likeness (QED) is 0.169. The van der Waals surface area contributed by atoms with Crippen molar-refractivity contribution in [3.63, 3.8) is 0 Å². The number of aromatic hydroxyl groups is 1. The van der Waals surface area contributed by atoms with E-state index in [-0.39, 0.29) is 62.9 Å². The van der Waals surface area contributed by atoms with Crippen LogP contribution in [0.25, 0.3) is 0 Å². The van der Waals surface area contributed by atoms with Gasteiger partial charge in [-0.15, -0.1) is 0 Å². The van der Waals surface area contributed by atoms with Crippen LogP contribution in [0.1, 0.15) is 106 Å². The Morgan fingerprint density at radius 1 is 1.07 bits per heavy atom. The number of anilines is 1. The lowest BCUT2D eigenvalue weighted by Gasteiger charge is -2.66. The maximum absolute atomic E-state index is 14.4. The number of urea groups is 1. The molecule has 45 heavy (non-hydrogen) atoms. The molecule has 6 atom stereocenters. The number of hydrogen-bond acceptors (Lipinski definition) is 5. The number of carbonyl (C=O) groups excluding carboxylic acids is 3. The molecule has 3 saturated carbocycles. The third-order valence-electron chi connectivity index (χ3n) is 12.8. The zero-order chi connectivity index (χ0) is 33.0. The number of carbonyl (C=O) groups is 3. The first-order chi connectivity index (χ1) is 21.0. The van der Waals surface area contributed by atoms with Crippen LogP contribution >= 0.6 is 0 Å². The van der Waals surface area contributed by atoms with Gasteiger partial charge in [-0.05, 0) is 116 Å². The smallest absolute Gasteiger partial charge is 0.319 e. The van der Waals surface area contributed by atoms with Gasteiger partial charge in [0.1, 0.15) is 11.8 Å². The number of fused-ring (bicyclic) bond motifs is 5. The van der Waals surface area contributed by atoms with Crippen LogP contribution < -0.4 is 10.6 Å². The molecule has 1 aromatic rings. The summed E-state index contributed by atoms with van der Waals surface area (Å²) in [4.78, 5) is 41.4. The molecule has 1 aromatic carbocycles. The van der Waals surface area contributed by atoms with E-state index in [9.17, 15) is 24.8 Å². The van der Waals surface area contributed by atoms with Crippen molar-refractivity contribution in [2.24, 2.45) is 39.4 Å². The molecule has 7 heteroatoms. The predicted molar refractivity (Wildman–Crippen MR) is 176 cm³/mol. The van der Waals surface area contributed by atoms with Crippen molar-refractivity contribution in [1.29, 1.82) is 5.26 Å². The van der Waals surface area contributed by atoms with E-state index in [4.69, 9.17) is 0 Å². The zero-order valence-corrected chi connectivity index (χ0v) is 28.2. The molecule has 2 unspecified atom stereocenters. The number of benzene rings is 1. The van der Waals surface area contributed by atoms with Crippen LogP contribution in [0.2, 0.25) is 0 Å². The fourth-order valence-corrected chi connectivity index (χ4v) is 9.64. The molecule has 5 rings (SSSR count). The van der Waals surface area contributed by atoms with Gasteiger partial charge in [-0.1, -0.05) is 60.1 Å². The van der Waals surface area contributed by atoms with E-state index in [0.717, 1.165) is 50.5 Å². The van der Waals surface area contributed by atoms with Gasteiger partial charge in [-0.25, -0.2) is 4.79 Å². The molecule has 0 heterocycles. The molecule has 0 bridgehead atoms. The maximum Gasteiger partial charge on any atom is 0.319 e. The zero-order valence-electron chi connectivity index (χ0n) is 28.2. The highest BCUT2D eigenvalue weighted by molar-refractivity contribution is 6.03. The number of nitrogens with one attached hydrogen (secondary N) is 2. The molecule has 3 fully saturated rings. The lowest BCUT2D eigenvalue weighted by Crippen LogP contribution is -2.69. The van der Waals surface area contributed by atoms with Gasteiger partial charge in [0.15, 0.2) is 11.6 Å². The fraction of sp³-hybridized carbons (Fsp3) is 0.632. The van der Waals surface area contributed by atoms with Gasteiger partial charge in [-0.3, -0.25) is 9.59 Å². The summed E-state index contributed by atoms with van der Waals surface area (Å²) >= 11 is 0. The molecule has 7 nitrogen and oxygen atoms in total. The summed E-state index contributed by atoms with van der Waals surface area (Å²) < 4.78 is 0. The van der Waals surface area contributed by atoms with E-state index in [2.05, 4.69) is 44.4 Å². The third kappa shape index (κ3) is 5.53. The molecule has 0 aromatic heterocycles. The Balaban J connectivity index is 1.46. The van der Waals surface area contributed by atoms with E-state index in [1.54, 1.807) is 30.3 Å². The number of nitrogens with zero attached hydrogens (tertiary/aromatic N) is 1. The van der Waals surface area contributed by atoms with Gasteiger partial charge >= 0.3 is 6.03 Å². The van der Waals surface area contributed by atoms with Crippen molar-refractivity contribution in [2.45, 2.75) is 112 Å². The third-order valence-corrected chi connectivity index (χ3v) is 12.8. The SMILES string of the molecule is CC/C=C(/C#N)C(=O)C(C)(C)[C@@H]1CC[C@]2(C)C(=CC(=O)C3C4CC(C)(C)CC[C@]4(NC(=O)Nc4ccc(O)cc4)CC[C@]32C)C1. The first-order valence-corrected chi connectivity index (χ1v) is 16.8. The average molecular weight is 614 g/mol. The lowest BCUT2D eigenvalue weighted by molar-refractivity contribution is -0.155. The number of ketones is 2. The summed E-state index contributed by atoms with van der Waals surface area (Å²) in [7, 11) is 0. The molecular weight excluding hydrogens is 562 g/mol. The summed E-state index contributed by atoms with van der Waals surface area (Å²) in [5.41, 5.74) is 0.397. The van der Waals surface area contributed by atoms with Crippen molar-refractivity contribution in [3.8, 4) is 11.8 Å². The number of hydrogen-bond donors (Lipinski definition) is 3. The van der Waals surface area contributed by atoms with Gasteiger partial charge in [0, 0.05) is 22.6 Å². The second-order valence-corrected chi connectivity index (χ2v) is 16.2. The largest absolute Gasteiger partial charge is 0.508 e. The van der Waals surface area contributed by atoms with E-state index < -0.39 is 11.0 Å². The standard InChI is InChI=1S/C38H51N3O4/c1-8-9-24(23-39)32(44)35(4,5)25-14-15-36(6)26(20-25)21-30(43)31-29-22-34(2,3)16-18-38(29,19-17-37(31,36)7)41-33(45)40-27-10-12-28(42)13-11-27/h9-13,21,25,29,31,42H,8,14-20,22H2,1-7H3,(H2,40,41,45)/b24-9-/t25-,29?,31?,36-,37-,38+/m1/s1. The van der Waals surface area contributed by atoms with Crippen molar-refractivity contribution in [3.05, 3.63) is 47.6 Å². The van der Waals surface area contributed by atoms with Gasteiger partial charge in [-0.2, -0.15) is 5.26 Å². The van der Waals surface area contributed by atoms with Crippen LogP contribution in [0, 0.1) is 50.7 Å². The number of phenols is 1. The average Bonchev–Trinajstić information content (AvgIpc) is 2.97. The first kappa shape index (κ1) is 33.0. The summed E-state index contributed by atoms with van der Waals surface area (Å²) in [6.07, 6.45) is 11.0. The summed E-state index contributed by atoms with van der Waals surface area (Å²) in [5, 5.41) is 25.7. The Morgan fingerprint density at radius 2 is 1.73 bits per heavy atom. The van der Waals surface area contributed by atoms with Gasteiger partial charge < -0.3 is 15.7 Å². The van der Waals surface area contributed by atoms with Crippen molar-refractivity contribution >= 4 is 23.3 Å². The molecule has 4 aliphatic rings. The predicted octanol–water partition coefficient (Wildman–Crippen LogP) is 8.27. The number of allylic oxidation sites excluding steroid dienone is 4. The minimum Gasteiger partial charge on any atom is -0.508 e.